The van der Waals surface area contributed by atoms with Gasteiger partial charge >= 0.3 is 0 Å². The van der Waals surface area contributed by atoms with Gasteiger partial charge in [0.2, 0.25) is 6.41 Å². The molecular weight excluding hydrogens is 198 g/mol. The summed E-state index contributed by atoms with van der Waals surface area (Å²) in [6.45, 7) is 2.30. The van der Waals surface area contributed by atoms with Gasteiger partial charge in [0.05, 0.1) is 6.61 Å². The summed E-state index contributed by atoms with van der Waals surface area (Å²) in [5, 5.41) is 0. The van der Waals surface area contributed by atoms with Crippen LogP contribution in [0.15, 0.2) is 30.3 Å². The number of hydrogen-bond donors (Lipinski definition) is 2. The average Bonchev–Trinajstić information content (AvgIpc) is 2.28. The van der Waals surface area contributed by atoms with Crippen LogP contribution in [-0.2, 0) is 15.4 Å². The molecule has 0 heterocycles. The molecule has 0 unspecified atom stereocenters. The molecular formula is C10H15NO2S. The van der Waals surface area contributed by atoms with Gasteiger partial charge in [0.1, 0.15) is 0 Å². The van der Waals surface area contributed by atoms with Crippen molar-refractivity contribution in [3.8, 4) is 0 Å². The fourth-order valence-electron chi connectivity index (χ4n) is 0.701. The Kier molecular flexibility index (Phi) is 9.36. The van der Waals surface area contributed by atoms with E-state index < -0.39 is 0 Å². The molecule has 78 valence electrons. The molecule has 1 rings (SSSR count). The second-order valence-corrected chi connectivity index (χ2v) is 2.63. The molecule has 1 aromatic carbocycles. The fraction of sp³-hybridized carbons (Fsp3) is 0.300. The Labute approximate surface area is 89.8 Å². The van der Waals surface area contributed by atoms with Gasteiger partial charge in [-0.15, -0.1) is 0 Å². The van der Waals surface area contributed by atoms with Crippen molar-refractivity contribution < 1.29 is 9.63 Å². The van der Waals surface area contributed by atoms with Crippen molar-refractivity contribution >= 4 is 19.0 Å². The van der Waals surface area contributed by atoms with Crippen molar-refractivity contribution in [1.82, 2.24) is 5.48 Å². The standard InChI is InChI=1S/C7H8S.C3H7NO2/c8-6-7-4-2-1-3-5-7;1-2-6-4-3-5/h1-5,8H,6H2;3H,2H2,1H3,(H,4,5). The Balaban J connectivity index is 0.000000255. The Bertz CT molecular complexity index is 229. The Morgan fingerprint density at radius 3 is 2.36 bits per heavy atom. The lowest BCUT2D eigenvalue weighted by molar-refractivity contribution is -0.120. The van der Waals surface area contributed by atoms with Gasteiger partial charge in [-0.05, 0) is 12.5 Å². The summed E-state index contributed by atoms with van der Waals surface area (Å²) >= 11 is 4.11. The molecule has 0 bridgehead atoms. The number of amides is 1. The topological polar surface area (TPSA) is 38.3 Å². The molecule has 0 atom stereocenters. The minimum Gasteiger partial charge on any atom is -0.277 e. The van der Waals surface area contributed by atoms with Gasteiger partial charge in [0.15, 0.2) is 0 Å². The van der Waals surface area contributed by atoms with E-state index in [1.807, 2.05) is 23.7 Å². The van der Waals surface area contributed by atoms with Crippen LogP contribution < -0.4 is 5.48 Å². The van der Waals surface area contributed by atoms with Crippen molar-refractivity contribution in [2.24, 2.45) is 0 Å². The maximum atomic E-state index is 9.33. The first-order valence-electron chi connectivity index (χ1n) is 4.30. The summed E-state index contributed by atoms with van der Waals surface area (Å²) in [5.74, 6) is 0.834. The SMILES string of the molecule is CCONC=O.SCc1ccccc1. The summed E-state index contributed by atoms with van der Waals surface area (Å²) < 4.78 is 0. The molecule has 3 nitrogen and oxygen atoms in total. The molecule has 0 spiro atoms. The van der Waals surface area contributed by atoms with E-state index in [1.165, 1.54) is 5.56 Å². The van der Waals surface area contributed by atoms with Crippen molar-refractivity contribution in [2.45, 2.75) is 12.7 Å². The molecule has 4 heteroatoms. The van der Waals surface area contributed by atoms with Crippen LogP contribution in [0.5, 0.6) is 0 Å². The number of benzene rings is 1. The van der Waals surface area contributed by atoms with Gasteiger partial charge in [-0.25, -0.2) is 5.48 Å². The van der Waals surface area contributed by atoms with Crippen LogP contribution in [0.25, 0.3) is 0 Å². The fourth-order valence-corrected chi connectivity index (χ4v) is 0.912. The minimum atomic E-state index is 0.490. The maximum Gasteiger partial charge on any atom is 0.230 e. The van der Waals surface area contributed by atoms with Gasteiger partial charge < -0.3 is 0 Å². The highest BCUT2D eigenvalue weighted by molar-refractivity contribution is 7.79. The number of rotatable bonds is 4. The molecule has 14 heavy (non-hydrogen) atoms. The zero-order chi connectivity index (χ0) is 10.6. The van der Waals surface area contributed by atoms with Crippen LogP contribution >= 0.6 is 12.6 Å². The molecule has 0 saturated carbocycles. The lowest BCUT2D eigenvalue weighted by Gasteiger charge is -1.89. The van der Waals surface area contributed by atoms with E-state index >= 15 is 0 Å². The van der Waals surface area contributed by atoms with E-state index in [9.17, 15) is 4.79 Å². The summed E-state index contributed by atoms with van der Waals surface area (Å²) in [5.41, 5.74) is 3.29. The summed E-state index contributed by atoms with van der Waals surface area (Å²) in [4.78, 5) is 13.7. The Morgan fingerprint density at radius 1 is 1.43 bits per heavy atom. The smallest absolute Gasteiger partial charge is 0.230 e. The maximum absolute atomic E-state index is 9.33. The predicted molar refractivity (Wildman–Crippen MR) is 60.0 cm³/mol. The lowest BCUT2D eigenvalue weighted by atomic mass is 10.2. The third-order valence-corrected chi connectivity index (χ3v) is 1.67. The van der Waals surface area contributed by atoms with Crippen molar-refractivity contribution in [3.05, 3.63) is 35.9 Å². The van der Waals surface area contributed by atoms with E-state index in [2.05, 4.69) is 29.6 Å². The van der Waals surface area contributed by atoms with Crippen molar-refractivity contribution in [2.75, 3.05) is 6.61 Å². The average molecular weight is 213 g/mol. The number of carbonyl (C=O) groups excluding carboxylic acids is 1. The van der Waals surface area contributed by atoms with Gasteiger partial charge in [0, 0.05) is 5.75 Å². The first-order valence-corrected chi connectivity index (χ1v) is 4.94. The molecule has 1 amide bonds. The summed E-state index contributed by atoms with van der Waals surface area (Å²) in [7, 11) is 0. The number of hydrogen-bond acceptors (Lipinski definition) is 3. The first-order chi connectivity index (χ1) is 6.85. The summed E-state index contributed by atoms with van der Waals surface area (Å²) in [6, 6.07) is 10.2. The quantitative estimate of drug-likeness (QED) is 0.346. The molecule has 0 aliphatic rings. The van der Waals surface area contributed by atoms with Crippen LogP contribution in [-0.4, -0.2) is 13.0 Å². The zero-order valence-corrected chi connectivity index (χ0v) is 9.04. The van der Waals surface area contributed by atoms with Crippen LogP contribution in [0.4, 0.5) is 0 Å². The van der Waals surface area contributed by atoms with E-state index in [0.29, 0.717) is 13.0 Å². The number of carbonyl (C=O) groups is 1. The minimum absolute atomic E-state index is 0.490. The second kappa shape index (κ2) is 10.1. The second-order valence-electron chi connectivity index (χ2n) is 2.31. The summed E-state index contributed by atoms with van der Waals surface area (Å²) in [6.07, 6.45) is 0.490. The van der Waals surface area contributed by atoms with E-state index in [-0.39, 0.29) is 0 Å². The molecule has 0 aromatic heterocycles. The third-order valence-electron chi connectivity index (χ3n) is 1.30. The molecule has 1 N–H and O–H groups in total. The Hall–Kier alpha value is -1.00. The van der Waals surface area contributed by atoms with Crippen molar-refractivity contribution in [1.29, 1.82) is 0 Å². The Morgan fingerprint density at radius 2 is 2.07 bits per heavy atom. The number of hydroxylamine groups is 1. The molecule has 0 saturated heterocycles. The van der Waals surface area contributed by atoms with Gasteiger partial charge in [-0.3, -0.25) is 9.63 Å². The van der Waals surface area contributed by atoms with E-state index in [1.54, 1.807) is 6.92 Å². The zero-order valence-electron chi connectivity index (χ0n) is 8.14. The molecule has 1 aromatic rings. The van der Waals surface area contributed by atoms with Crippen molar-refractivity contribution in [3.63, 3.8) is 0 Å². The molecule has 0 aliphatic carbocycles. The third kappa shape index (κ3) is 7.64. The molecule has 0 radical (unpaired) electrons. The highest BCUT2D eigenvalue weighted by Crippen LogP contribution is 2.00. The van der Waals surface area contributed by atoms with E-state index in [4.69, 9.17) is 0 Å². The lowest BCUT2D eigenvalue weighted by Crippen LogP contribution is -2.10. The van der Waals surface area contributed by atoms with Gasteiger partial charge in [-0.2, -0.15) is 12.6 Å². The van der Waals surface area contributed by atoms with Crippen LogP contribution in [0.2, 0.25) is 0 Å². The monoisotopic (exact) mass is 213 g/mol. The normalized spacial score (nSPS) is 8.43. The number of nitrogens with one attached hydrogen (secondary N) is 1. The van der Waals surface area contributed by atoms with E-state index in [0.717, 1.165) is 5.75 Å². The highest BCUT2D eigenvalue weighted by atomic mass is 32.1. The molecule has 0 fully saturated rings. The first kappa shape index (κ1) is 13.0. The van der Waals surface area contributed by atoms with Gasteiger partial charge in [0.25, 0.3) is 0 Å². The predicted octanol–water partition coefficient (Wildman–Crippen LogP) is 1.80. The molecule has 0 aliphatic heterocycles. The highest BCUT2D eigenvalue weighted by Gasteiger charge is 1.80. The van der Waals surface area contributed by atoms with Crippen LogP contribution in [0.1, 0.15) is 12.5 Å². The largest absolute Gasteiger partial charge is 0.277 e. The number of thiol groups is 1. The van der Waals surface area contributed by atoms with Gasteiger partial charge in [-0.1, -0.05) is 30.3 Å². The van der Waals surface area contributed by atoms with Crippen LogP contribution in [0.3, 0.4) is 0 Å². The van der Waals surface area contributed by atoms with Crippen LogP contribution in [0, 0.1) is 0 Å².